The average molecular weight is 344 g/mol. The largest absolute Gasteiger partial charge is 0.497 e. The van der Waals surface area contributed by atoms with Crippen molar-refractivity contribution in [3.05, 3.63) is 63.9 Å². The van der Waals surface area contributed by atoms with E-state index in [0.717, 1.165) is 11.1 Å². The van der Waals surface area contributed by atoms with E-state index in [0.29, 0.717) is 16.3 Å². The first kappa shape index (κ1) is 14.4. The van der Waals surface area contributed by atoms with Gasteiger partial charge in [0.1, 0.15) is 11.6 Å². The Morgan fingerprint density at radius 2 is 1.95 bits per heavy atom. The molecule has 1 atom stereocenters. The summed E-state index contributed by atoms with van der Waals surface area (Å²) in [7, 11) is 1.52. The van der Waals surface area contributed by atoms with Crippen molar-refractivity contribution >= 4 is 27.5 Å². The zero-order valence-corrected chi connectivity index (χ0v) is 12.9. The Morgan fingerprint density at radius 3 is 2.58 bits per heavy atom. The summed E-state index contributed by atoms with van der Waals surface area (Å²) >= 11 is 9.64. The third-order valence-electron chi connectivity index (χ3n) is 3.06. The van der Waals surface area contributed by atoms with Crippen molar-refractivity contribution < 1.29 is 9.13 Å². The molecular weight excluding hydrogens is 331 g/mol. The molecule has 0 radical (unpaired) electrons. The highest BCUT2D eigenvalue weighted by molar-refractivity contribution is 9.09. The van der Waals surface area contributed by atoms with E-state index in [1.165, 1.54) is 13.2 Å². The Bertz CT molecular complexity index is 601. The average Bonchev–Trinajstić information content (AvgIpc) is 2.41. The molecule has 0 aliphatic rings. The molecule has 0 aromatic heterocycles. The van der Waals surface area contributed by atoms with E-state index < -0.39 is 0 Å². The summed E-state index contributed by atoms with van der Waals surface area (Å²) < 4.78 is 19.1. The smallest absolute Gasteiger partial charge is 0.131 e. The van der Waals surface area contributed by atoms with Gasteiger partial charge in [-0.15, -0.1) is 0 Å². The first-order chi connectivity index (χ1) is 9.04. The predicted molar refractivity (Wildman–Crippen MR) is 79.9 cm³/mol. The van der Waals surface area contributed by atoms with Crippen LogP contribution in [-0.4, -0.2) is 7.11 Å². The molecule has 2 aromatic rings. The second kappa shape index (κ2) is 5.93. The first-order valence-corrected chi connectivity index (χ1v) is 7.06. The summed E-state index contributed by atoms with van der Waals surface area (Å²) in [6.07, 6.45) is 0. The van der Waals surface area contributed by atoms with Crippen molar-refractivity contribution in [2.24, 2.45) is 0 Å². The molecule has 0 fully saturated rings. The standard InChI is InChI=1S/C15H13BrClFO/c1-9-11(4-3-5-13(9)17)15(16)12-7-6-10(19-2)8-14(12)18/h3-8,15H,1-2H3. The molecule has 2 rings (SSSR count). The molecule has 0 saturated heterocycles. The molecule has 4 heteroatoms. The van der Waals surface area contributed by atoms with Crippen LogP contribution in [0.15, 0.2) is 36.4 Å². The Balaban J connectivity index is 2.44. The van der Waals surface area contributed by atoms with Crippen LogP contribution < -0.4 is 4.74 Å². The number of rotatable bonds is 3. The van der Waals surface area contributed by atoms with Crippen molar-refractivity contribution in [1.82, 2.24) is 0 Å². The maximum absolute atomic E-state index is 14.1. The third kappa shape index (κ3) is 2.93. The molecule has 0 aliphatic carbocycles. The van der Waals surface area contributed by atoms with Gasteiger partial charge in [0.05, 0.1) is 11.9 Å². The van der Waals surface area contributed by atoms with Gasteiger partial charge in [0, 0.05) is 16.7 Å². The lowest BCUT2D eigenvalue weighted by atomic mass is 10.00. The molecule has 0 spiro atoms. The van der Waals surface area contributed by atoms with Gasteiger partial charge in [0.2, 0.25) is 0 Å². The minimum absolute atomic E-state index is 0.239. The summed E-state index contributed by atoms with van der Waals surface area (Å²) in [6.45, 7) is 1.92. The van der Waals surface area contributed by atoms with Crippen LogP contribution in [-0.2, 0) is 0 Å². The molecule has 1 unspecified atom stereocenters. The van der Waals surface area contributed by atoms with Crippen LogP contribution in [0, 0.1) is 12.7 Å². The lowest BCUT2D eigenvalue weighted by molar-refractivity contribution is 0.411. The van der Waals surface area contributed by atoms with Crippen LogP contribution in [0.5, 0.6) is 5.75 Å². The Hall–Kier alpha value is -1.06. The second-order valence-corrected chi connectivity index (χ2v) is 5.53. The number of alkyl halides is 1. The lowest BCUT2D eigenvalue weighted by Crippen LogP contribution is -2.00. The van der Waals surface area contributed by atoms with E-state index in [-0.39, 0.29) is 10.6 Å². The van der Waals surface area contributed by atoms with E-state index in [9.17, 15) is 4.39 Å². The minimum atomic E-state index is -0.305. The lowest BCUT2D eigenvalue weighted by Gasteiger charge is -2.15. The molecule has 19 heavy (non-hydrogen) atoms. The fourth-order valence-corrected chi connectivity index (χ4v) is 2.96. The number of hydrogen-bond donors (Lipinski definition) is 0. The van der Waals surface area contributed by atoms with Gasteiger partial charge in [0.25, 0.3) is 0 Å². The number of methoxy groups -OCH3 is 1. The fraction of sp³-hybridized carbons (Fsp3) is 0.200. The highest BCUT2D eigenvalue weighted by atomic mass is 79.9. The van der Waals surface area contributed by atoms with Gasteiger partial charge in [-0.2, -0.15) is 0 Å². The third-order valence-corrected chi connectivity index (χ3v) is 4.46. The van der Waals surface area contributed by atoms with Crippen LogP contribution in [0.4, 0.5) is 4.39 Å². The van der Waals surface area contributed by atoms with Gasteiger partial charge >= 0.3 is 0 Å². The van der Waals surface area contributed by atoms with Crippen LogP contribution in [0.25, 0.3) is 0 Å². The van der Waals surface area contributed by atoms with E-state index in [1.54, 1.807) is 12.1 Å². The predicted octanol–water partition coefficient (Wildman–Crippen LogP) is 5.28. The number of ether oxygens (including phenoxy) is 1. The van der Waals surface area contributed by atoms with Crippen LogP contribution in [0.1, 0.15) is 21.5 Å². The molecule has 100 valence electrons. The summed E-state index contributed by atoms with van der Waals surface area (Å²) in [5.74, 6) is 0.198. The zero-order valence-electron chi connectivity index (χ0n) is 10.6. The fourth-order valence-electron chi connectivity index (χ4n) is 1.91. The Labute approximate surface area is 125 Å². The summed E-state index contributed by atoms with van der Waals surface area (Å²) in [5, 5.41) is 0.677. The zero-order chi connectivity index (χ0) is 14.0. The molecular formula is C15H13BrClFO. The SMILES string of the molecule is COc1ccc(C(Br)c2cccc(Cl)c2C)c(F)c1. The quantitative estimate of drug-likeness (QED) is 0.689. The van der Waals surface area contributed by atoms with Crippen LogP contribution in [0.2, 0.25) is 5.02 Å². The van der Waals surface area contributed by atoms with E-state index >= 15 is 0 Å². The van der Waals surface area contributed by atoms with E-state index in [2.05, 4.69) is 15.9 Å². The Kier molecular flexibility index (Phi) is 4.48. The molecule has 2 aromatic carbocycles. The molecule has 0 bridgehead atoms. The minimum Gasteiger partial charge on any atom is -0.497 e. The van der Waals surface area contributed by atoms with E-state index in [4.69, 9.17) is 16.3 Å². The molecule has 1 nitrogen and oxygen atoms in total. The monoisotopic (exact) mass is 342 g/mol. The number of benzene rings is 2. The molecule has 0 aliphatic heterocycles. The van der Waals surface area contributed by atoms with Gasteiger partial charge in [-0.25, -0.2) is 4.39 Å². The number of halogens is 3. The van der Waals surface area contributed by atoms with Gasteiger partial charge in [-0.1, -0.05) is 45.7 Å². The first-order valence-electron chi connectivity index (χ1n) is 5.77. The van der Waals surface area contributed by atoms with Crippen molar-refractivity contribution in [1.29, 1.82) is 0 Å². The second-order valence-electron chi connectivity index (χ2n) is 4.20. The Morgan fingerprint density at radius 1 is 1.21 bits per heavy atom. The maximum atomic E-state index is 14.1. The highest BCUT2D eigenvalue weighted by Gasteiger charge is 2.18. The van der Waals surface area contributed by atoms with E-state index in [1.807, 2.05) is 25.1 Å². The number of hydrogen-bond acceptors (Lipinski definition) is 1. The molecule has 0 saturated carbocycles. The van der Waals surface area contributed by atoms with Crippen LogP contribution >= 0.6 is 27.5 Å². The highest BCUT2D eigenvalue weighted by Crippen LogP contribution is 2.37. The normalized spacial score (nSPS) is 12.3. The maximum Gasteiger partial charge on any atom is 0.131 e. The van der Waals surface area contributed by atoms with Gasteiger partial charge in [-0.05, 0) is 30.2 Å². The summed E-state index contributed by atoms with van der Waals surface area (Å²) in [4.78, 5) is -0.239. The van der Waals surface area contributed by atoms with Gasteiger partial charge in [-0.3, -0.25) is 0 Å². The molecule has 0 amide bonds. The molecule has 0 N–H and O–H groups in total. The van der Waals surface area contributed by atoms with Crippen molar-refractivity contribution in [2.45, 2.75) is 11.8 Å². The topological polar surface area (TPSA) is 9.23 Å². The van der Waals surface area contributed by atoms with Crippen LogP contribution in [0.3, 0.4) is 0 Å². The summed E-state index contributed by atoms with van der Waals surface area (Å²) in [6, 6.07) is 10.5. The van der Waals surface area contributed by atoms with Gasteiger partial charge in [0.15, 0.2) is 0 Å². The van der Waals surface area contributed by atoms with Crippen molar-refractivity contribution in [3.63, 3.8) is 0 Å². The molecule has 0 heterocycles. The summed E-state index contributed by atoms with van der Waals surface area (Å²) in [5.41, 5.74) is 2.46. The van der Waals surface area contributed by atoms with Crippen molar-refractivity contribution in [2.75, 3.05) is 7.11 Å². The van der Waals surface area contributed by atoms with Crippen molar-refractivity contribution in [3.8, 4) is 5.75 Å². The van der Waals surface area contributed by atoms with Gasteiger partial charge < -0.3 is 4.74 Å².